The number of ether oxygens (including phenoxy) is 1. The summed E-state index contributed by atoms with van der Waals surface area (Å²) < 4.78 is 7.57. The van der Waals surface area contributed by atoms with Gasteiger partial charge in [0.1, 0.15) is 12.1 Å². The molecule has 8 nitrogen and oxygen atoms in total. The lowest BCUT2D eigenvalue weighted by Gasteiger charge is -2.11. The molecule has 1 aliphatic heterocycles. The van der Waals surface area contributed by atoms with Crippen LogP contribution in [0.3, 0.4) is 0 Å². The SMILES string of the molecule is Cc1cccc(NC(=O)n2ccc3cc(Oc4cc(CNC5CCNC5)ncn4)ccc32)c1. The maximum atomic E-state index is 12.8. The Balaban J connectivity index is 1.27. The standard InChI is InChI=1S/C25H26N6O2/c1-17-3-2-4-19(11-17)30-25(32)31-10-8-18-12-22(5-6-23(18)31)33-24-13-21(28-16-29-24)15-27-20-7-9-26-14-20/h2-6,8,10-13,16,20,26-27H,7,9,14-15H2,1H3,(H,30,32). The van der Waals surface area contributed by atoms with Crippen molar-refractivity contribution in [3.8, 4) is 11.6 Å². The van der Waals surface area contributed by atoms with Crippen molar-refractivity contribution >= 4 is 22.6 Å². The van der Waals surface area contributed by atoms with Crippen LogP contribution in [-0.4, -0.2) is 39.7 Å². The number of aromatic nitrogens is 3. The van der Waals surface area contributed by atoms with Crippen LogP contribution in [0.4, 0.5) is 10.5 Å². The minimum Gasteiger partial charge on any atom is -0.439 e. The van der Waals surface area contributed by atoms with Gasteiger partial charge in [0.2, 0.25) is 5.88 Å². The van der Waals surface area contributed by atoms with Crippen LogP contribution in [0.5, 0.6) is 11.6 Å². The first-order chi connectivity index (χ1) is 16.1. The van der Waals surface area contributed by atoms with E-state index >= 15 is 0 Å². The maximum absolute atomic E-state index is 12.8. The molecule has 1 unspecified atom stereocenters. The van der Waals surface area contributed by atoms with Crippen molar-refractivity contribution in [2.24, 2.45) is 0 Å². The molecule has 0 aliphatic carbocycles. The molecule has 3 N–H and O–H groups in total. The zero-order chi connectivity index (χ0) is 22.6. The molecule has 0 saturated carbocycles. The highest BCUT2D eigenvalue weighted by molar-refractivity contribution is 5.98. The summed E-state index contributed by atoms with van der Waals surface area (Å²) in [4.78, 5) is 21.3. The van der Waals surface area contributed by atoms with E-state index in [1.807, 2.05) is 61.5 Å². The number of rotatable bonds is 6. The summed E-state index contributed by atoms with van der Waals surface area (Å²) in [5.41, 5.74) is 3.53. The number of anilines is 1. The van der Waals surface area contributed by atoms with Crippen molar-refractivity contribution in [1.82, 2.24) is 25.2 Å². The number of aryl methyl sites for hydroxylation is 1. The highest BCUT2D eigenvalue weighted by atomic mass is 16.5. The number of nitrogens with zero attached hydrogens (tertiary/aromatic N) is 3. The lowest BCUT2D eigenvalue weighted by molar-refractivity contribution is 0.254. The Hall–Kier alpha value is -3.75. The molecule has 3 heterocycles. The van der Waals surface area contributed by atoms with E-state index < -0.39 is 0 Å². The third-order valence-electron chi connectivity index (χ3n) is 5.70. The van der Waals surface area contributed by atoms with Gasteiger partial charge in [-0.15, -0.1) is 0 Å². The van der Waals surface area contributed by atoms with Gasteiger partial charge in [0.05, 0.1) is 11.2 Å². The van der Waals surface area contributed by atoms with E-state index in [1.54, 1.807) is 10.8 Å². The molecular formula is C25H26N6O2. The molecule has 5 rings (SSSR count). The van der Waals surface area contributed by atoms with Gasteiger partial charge in [0, 0.05) is 42.5 Å². The number of carbonyl (C=O) groups excluding carboxylic acids is 1. The van der Waals surface area contributed by atoms with Crippen LogP contribution in [0.15, 0.2) is 67.1 Å². The van der Waals surface area contributed by atoms with E-state index in [-0.39, 0.29) is 6.03 Å². The van der Waals surface area contributed by atoms with Crippen LogP contribution in [-0.2, 0) is 6.54 Å². The molecule has 1 aliphatic rings. The Morgan fingerprint density at radius 2 is 2.12 bits per heavy atom. The number of fused-ring (bicyclic) bond motifs is 1. The van der Waals surface area contributed by atoms with Gasteiger partial charge in [-0.3, -0.25) is 4.57 Å². The molecule has 8 heteroatoms. The molecule has 0 bridgehead atoms. The molecule has 1 amide bonds. The summed E-state index contributed by atoms with van der Waals surface area (Å²) in [5.74, 6) is 1.14. The van der Waals surface area contributed by atoms with Crippen molar-refractivity contribution in [3.63, 3.8) is 0 Å². The molecule has 1 fully saturated rings. The topological polar surface area (TPSA) is 93.1 Å². The van der Waals surface area contributed by atoms with Crippen LogP contribution in [0.1, 0.15) is 17.7 Å². The second kappa shape index (κ2) is 9.40. The summed E-state index contributed by atoms with van der Waals surface area (Å²) in [6.07, 6.45) is 4.40. The fourth-order valence-corrected chi connectivity index (χ4v) is 4.00. The van der Waals surface area contributed by atoms with E-state index in [0.29, 0.717) is 24.2 Å². The molecule has 1 atom stereocenters. The van der Waals surface area contributed by atoms with Gasteiger partial charge in [-0.2, -0.15) is 0 Å². The van der Waals surface area contributed by atoms with Gasteiger partial charge < -0.3 is 20.7 Å². The average Bonchev–Trinajstić information content (AvgIpc) is 3.48. The van der Waals surface area contributed by atoms with Crippen molar-refractivity contribution in [2.45, 2.75) is 25.9 Å². The van der Waals surface area contributed by atoms with Gasteiger partial charge in [0.15, 0.2) is 0 Å². The Bertz CT molecular complexity index is 1280. The maximum Gasteiger partial charge on any atom is 0.330 e. The van der Waals surface area contributed by atoms with Crippen LogP contribution in [0.2, 0.25) is 0 Å². The van der Waals surface area contributed by atoms with Crippen molar-refractivity contribution < 1.29 is 9.53 Å². The number of hydrogen-bond donors (Lipinski definition) is 3. The predicted molar refractivity (Wildman–Crippen MR) is 128 cm³/mol. The summed E-state index contributed by atoms with van der Waals surface area (Å²) in [6.45, 7) is 4.69. The molecule has 2 aromatic heterocycles. The first-order valence-corrected chi connectivity index (χ1v) is 11.1. The first-order valence-electron chi connectivity index (χ1n) is 11.1. The minimum atomic E-state index is -0.213. The first kappa shape index (κ1) is 21.1. The van der Waals surface area contributed by atoms with Gasteiger partial charge in [0.25, 0.3) is 0 Å². The molecule has 168 valence electrons. The third kappa shape index (κ3) is 5.02. The molecule has 4 aromatic rings. The lowest BCUT2D eigenvalue weighted by atomic mass is 10.2. The fourth-order valence-electron chi connectivity index (χ4n) is 4.00. The van der Waals surface area contributed by atoms with Crippen molar-refractivity contribution in [3.05, 3.63) is 78.4 Å². The monoisotopic (exact) mass is 442 g/mol. The van der Waals surface area contributed by atoms with Crippen LogP contribution in [0, 0.1) is 6.92 Å². The second-order valence-corrected chi connectivity index (χ2v) is 8.23. The summed E-state index contributed by atoms with van der Waals surface area (Å²) in [6, 6.07) is 17.3. The Labute approximate surface area is 192 Å². The molecule has 1 saturated heterocycles. The fraction of sp³-hybridized carbons (Fsp3) is 0.240. The van der Waals surface area contributed by atoms with Gasteiger partial charge in [-0.25, -0.2) is 14.8 Å². The summed E-state index contributed by atoms with van der Waals surface area (Å²) in [5, 5.41) is 10.7. The van der Waals surface area contributed by atoms with Crippen LogP contribution >= 0.6 is 0 Å². The Morgan fingerprint density at radius 3 is 2.97 bits per heavy atom. The highest BCUT2D eigenvalue weighted by Gasteiger charge is 2.14. The van der Waals surface area contributed by atoms with Crippen molar-refractivity contribution in [1.29, 1.82) is 0 Å². The quantitative estimate of drug-likeness (QED) is 0.417. The Kier molecular flexibility index (Phi) is 6.01. The Morgan fingerprint density at radius 1 is 1.18 bits per heavy atom. The van der Waals surface area contributed by atoms with Crippen LogP contribution < -0.4 is 20.7 Å². The lowest BCUT2D eigenvalue weighted by Crippen LogP contribution is -2.30. The van der Waals surface area contributed by atoms with Gasteiger partial charge in [-0.1, -0.05) is 12.1 Å². The third-order valence-corrected chi connectivity index (χ3v) is 5.70. The number of carbonyl (C=O) groups is 1. The van der Waals surface area contributed by atoms with Crippen molar-refractivity contribution in [2.75, 3.05) is 18.4 Å². The van der Waals surface area contributed by atoms with Gasteiger partial charge >= 0.3 is 6.03 Å². The zero-order valence-electron chi connectivity index (χ0n) is 18.4. The smallest absolute Gasteiger partial charge is 0.330 e. The molecule has 0 spiro atoms. The molecule has 33 heavy (non-hydrogen) atoms. The summed E-state index contributed by atoms with van der Waals surface area (Å²) >= 11 is 0. The van der Waals surface area contributed by atoms with E-state index in [2.05, 4.69) is 25.9 Å². The number of benzene rings is 2. The highest BCUT2D eigenvalue weighted by Crippen LogP contribution is 2.26. The molecule has 2 aromatic carbocycles. The van der Waals surface area contributed by atoms with E-state index in [0.717, 1.165) is 47.4 Å². The predicted octanol–water partition coefficient (Wildman–Crippen LogP) is 4.06. The number of amides is 1. The summed E-state index contributed by atoms with van der Waals surface area (Å²) in [7, 11) is 0. The number of hydrogen-bond acceptors (Lipinski definition) is 6. The largest absolute Gasteiger partial charge is 0.439 e. The number of nitrogens with one attached hydrogen (secondary N) is 3. The average molecular weight is 443 g/mol. The van der Waals surface area contributed by atoms with Gasteiger partial charge in [-0.05, 0) is 61.9 Å². The second-order valence-electron chi connectivity index (χ2n) is 8.23. The van der Waals surface area contributed by atoms with Crippen LogP contribution in [0.25, 0.3) is 10.9 Å². The zero-order valence-corrected chi connectivity index (χ0v) is 18.4. The van der Waals surface area contributed by atoms with E-state index in [4.69, 9.17) is 4.74 Å². The van der Waals surface area contributed by atoms with E-state index in [9.17, 15) is 4.79 Å². The molecular weight excluding hydrogens is 416 g/mol. The van der Waals surface area contributed by atoms with E-state index in [1.165, 1.54) is 6.33 Å². The normalized spacial score (nSPS) is 15.6. The minimum absolute atomic E-state index is 0.213. The molecule has 0 radical (unpaired) electrons.